The van der Waals surface area contributed by atoms with Gasteiger partial charge in [-0.1, -0.05) is 46.3 Å². The van der Waals surface area contributed by atoms with Gasteiger partial charge in [-0.25, -0.2) is 5.43 Å². The van der Waals surface area contributed by atoms with Gasteiger partial charge in [-0.05, 0) is 63.5 Å². The molecular formula is C23H20Br2N2O4. The lowest BCUT2D eigenvalue weighted by Gasteiger charge is -2.12. The van der Waals surface area contributed by atoms with Crippen molar-refractivity contribution in [2.75, 3.05) is 13.7 Å². The van der Waals surface area contributed by atoms with E-state index < -0.39 is 5.91 Å². The van der Waals surface area contributed by atoms with Crippen LogP contribution >= 0.6 is 31.9 Å². The SMILES string of the molecule is COc1cc(Br)cc(Br)c1OCC(=O)NN=Cc1ccc(OCc2ccccc2)cc1. The van der Waals surface area contributed by atoms with Crippen LogP contribution in [0.2, 0.25) is 0 Å². The van der Waals surface area contributed by atoms with Crippen LogP contribution in [0, 0.1) is 0 Å². The molecule has 0 spiro atoms. The van der Waals surface area contributed by atoms with Gasteiger partial charge in [0.25, 0.3) is 5.91 Å². The standard InChI is InChI=1S/C23H20Br2N2O4/c1-29-21-12-18(24)11-20(25)23(21)31-15-22(28)27-26-13-16-7-9-19(10-8-16)30-14-17-5-3-2-4-6-17/h2-13H,14-15H2,1H3,(H,27,28). The molecule has 0 radical (unpaired) electrons. The minimum atomic E-state index is -0.393. The zero-order chi connectivity index (χ0) is 22.1. The van der Waals surface area contributed by atoms with Crippen LogP contribution in [0.25, 0.3) is 0 Å². The number of hydrogen-bond donors (Lipinski definition) is 1. The van der Waals surface area contributed by atoms with Gasteiger partial charge in [0.2, 0.25) is 0 Å². The summed E-state index contributed by atoms with van der Waals surface area (Å²) in [5.41, 5.74) is 4.37. The van der Waals surface area contributed by atoms with Crippen LogP contribution in [0.4, 0.5) is 0 Å². The first-order valence-electron chi connectivity index (χ1n) is 9.29. The Morgan fingerprint density at radius 2 is 1.77 bits per heavy atom. The van der Waals surface area contributed by atoms with Crippen molar-refractivity contribution in [3.05, 3.63) is 86.8 Å². The molecule has 3 aromatic carbocycles. The Bertz CT molecular complexity index is 1040. The summed E-state index contributed by atoms with van der Waals surface area (Å²) < 4.78 is 18.1. The zero-order valence-corrected chi connectivity index (χ0v) is 19.9. The smallest absolute Gasteiger partial charge is 0.277 e. The molecule has 6 nitrogen and oxygen atoms in total. The van der Waals surface area contributed by atoms with E-state index in [0.717, 1.165) is 21.3 Å². The molecule has 0 heterocycles. The number of nitrogens with one attached hydrogen (secondary N) is 1. The second-order valence-corrected chi connectivity index (χ2v) is 8.11. The van der Waals surface area contributed by atoms with Gasteiger partial charge in [-0.3, -0.25) is 4.79 Å². The summed E-state index contributed by atoms with van der Waals surface area (Å²) in [5.74, 6) is 1.31. The molecule has 0 bridgehead atoms. The predicted octanol–water partition coefficient (Wildman–Crippen LogP) is 5.33. The molecule has 160 valence electrons. The second kappa shape index (κ2) is 11.5. The van der Waals surface area contributed by atoms with Crippen LogP contribution in [0.15, 0.2) is 80.8 Å². The zero-order valence-electron chi connectivity index (χ0n) is 16.7. The maximum atomic E-state index is 12.0. The van der Waals surface area contributed by atoms with Gasteiger partial charge in [0.15, 0.2) is 18.1 Å². The number of hydrogen-bond acceptors (Lipinski definition) is 5. The number of nitrogens with zero attached hydrogens (tertiary/aromatic N) is 1. The van der Waals surface area contributed by atoms with E-state index in [0.29, 0.717) is 22.6 Å². The minimum Gasteiger partial charge on any atom is -0.493 e. The Labute approximate surface area is 197 Å². The number of halogens is 2. The van der Waals surface area contributed by atoms with Crippen molar-refractivity contribution in [3.8, 4) is 17.2 Å². The lowest BCUT2D eigenvalue weighted by molar-refractivity contribution is -0.123. The molecule has 8 heteroatoms. The largest absolute Gasteiger partial charge is 0.493 e. The van der Waals surface area contributed by atoms with Crippen molar-refractivity contribution in [2.45, 2.75) is 6.61 Å². The number of ether oxygens (including phenoxy) is 3. The molecule has 3 aromatic rings. The van der Waals surface area contributed by atoms with Crippen molar-refractivity contribution >= 4 is 44.0 Å². The number of hydrazone groups is 1. The summed E-state index contributed by atoms with van der Waals surface area (Å²) in [5, 5.41) is 3.96. The van der Waals surface area contributed by atoms with E-state index >= 15 is 0 Å². The fourth-order valence-electron chi connectivity index (χ4n) is 2.57. The van der Waals surface area contributed by atoms with Gasteiger partial charge < -0.3 is 14.2 Å². The Hall–Kier alpha value is -2.84. The van der Waals surface area contributed by atoms with Crippen molar-refractivity contribution in [2.24, 2.45) is 5.10 Å². The first-order chi connectivity index (χ1) is 15.0. The van der Waals surface area contributed by atoms with Crippen molar-refractivity contribution < 1.29 is 19.0 Å². The Morgan fingerprint density at radius 3 is 2.48 bits per heavy atom. The van der Waals surface area contributed by atoms with E-state index in [4.69, 9.17) is 14.2 Å². The third-order valence-corrected chi connectivity index (χ3v) is 5.12. The Kier molecular flexibility index (Phi) is 8.49. The van der Waals surface area contributed by atoms with Crippen LogP contribution in [0.5, 0.6) is 17.2 Å². The van der Waals surface area contributed by atoms with Crippen molar-refractivity contribution in [3.63, 3.8) is 0 Å². The lowest BCUT2D eigenvalue weighted by atomic mass is 10.2. The summed E-state index contributed by atoms with van der Waals surface area (Å²) in [4.78, 5) is 12.0. The minimum absolute atomic E-state index is 0.208. The fourth-order valence-corrected chi connectivity index (χ4v) is 3.87. The van der Waals surface area contributed by atoms with Crippen LogP contribution in [-0.4, -0.2) is 25.8 Å². The normalized spacial score (nSPS) is 10.7. The maximum absolute atomic E-state index is 12.0. The van der Waals surface area contributed by atoms with Crippen LogP contribution in [0.1, 0.15) is 11.1 Å². The molecule has 0 saturated carbocycles. The molecule has 0 unspecified atom stereocenters. The highest BCUT2D eigenvalue weighted by Gasteiger charge is 2.12. The molecule has 0 aliphatic carbocycles. The Morgan fingerprint density at radius 1 is 1.03 bits per heavy atom. The van der Waals surface area contributed by atoms with E-state index in [1.165, 1.54) is 7.11 Å². The third-order valence-electron chi connectivity index (χ3n) is 4.07. The molecule has 31 heavy (non-hydrogen) atoms. The molecule has 0 aliphatic rings. The molecule has 0 saturated heterocycles. The van der Waals surface area contributed by atoms with Gasteiger partial charge in [0.1, 0.15) is 12.4 Å². The number of rotatable bonds is 9. The maximum Gasteiger partial charge on any atom is 0.277 e. The highest BCUT2D eigenvalue weighted by molar-refractivity contribution is 9.11. The monoisotopic (exact) mass is 546 g/mol. The summed E-state index contributed by atoms with van der Waals surface area (Å²) in [6.07, 6.45) is 1.55. The average Bonchev–Trinajstić information content (AvgIpc) is 2.78. The summed E-state index contributed by atoms with van der Waals surface area (Å²) in [7, 11) is 1.53. The highest BCUT2D eigenvalue weighted by atomic mass is 79.9. The average molecular weight is 548 g/mol. The number of methoxy groups -OCH3 is 1. The van der Waals surface area contributed by atoms with Gasteiger partial charge >= 0.3 is 0 Å². The number of benzene rings is 3. The van der Waals surface area contributed by atoms with E-state index in [9.17, 15) is 4.79 Å². The van der Waals surface area contributed by atoms with E-state index in [2.05, 4.69) is 42.4 Å². The predicted molar refractivity (Wildman–Crippen MR) is 127 cm³/mol. The lowest BCUT2D eigenvalue weighted by Crippen LogP contribution is -2.24. The number of carbonyl (C=O) groups is 1. The molecule has 1 N–H and O–H groups in total. The topological polar surface area (TPSA) is 69.2 Å². The number of amides is 1. The Balaban J connectivity index is 1.46. The second-order valence-electron chi connectivity index (χ2n) is 6.34. The molecule has 0 fully saturated rings. The van der Waals surface area contributed by atoms with E-state index in [1.54, 1.807) is 18.3 Å². The van der Waals surface area contributed by atoms with Gasteiger partial charge in [0, 0.05) is 4.47 Å². The van der Waals surface area contributed by atoms with Crippen molar-refractivity contribution in [1.82, 2.24) is 5.43 Å². The quantitative estimate of drug-likeness (QED) is 0.290. The highest BCUT2D eigenvalue weighted by Crippen LogP contribution is 2.38. The van der Waals surface area contributed by atoms with Gasteiger partial charge in [-0.2, -0.15) is 5.10 Å². The number of carbonyl (C=O) groups excluding carboxylic acids is 1. The van der Waals surface area contributed by atoms with E-state index in [1.807, 2.05) is 54.6 Å². The third kappa shape index (κ3) is 7.11. The van der Waals surface area contributed by atoms with Gasteiger partial charge in [0.05, 0.1) is 17.8 Å². The summed E-state index contributed by atoms with van der Waals surface area (Å²) in [6.45, 7) is 0.295. The van der Waals surface area contributed by atoms with Crippen molar-refractivity contribution in [1.29, 1.82) is 0 Å². The molecule has 1 amide bonds. The fraction of sp³-hybridized carbons (Fsp3) is 0.130. The molecule has 0 aromatic heterocycles. The summed E-state index contributed by atoms with van der Waals surface area (Å²) in [6, 6.07) is 20.9. The van der Waals surface area contributed by atoms with Crippen LogP contribution in [0.3, 0.4) is 0 Å². The first kappa shape index (κ1) is 22.8. The van der Waals surface area contributed by atoms with E-state index in [-0.39, 0.29) is 6.61 Å². The van der Waals surface area contributed by atoms with Gasteiger partial charge in [-0.15, -0.1) is 0 Å². The molecule has 0 aliphatic heterocycles. The first-order valence-corrected chi connectivity index (χ1v) is 10.9. The van der Waals surface area contributed by atoms with Crippen LogP contribution < -0.4 is 19.6 Å². The van der Waals surface area contributed by atoms with Crippen LogP contribution in [-0.2, 0) is 11.4 Å². The molecule has 3 rings (SSSR count). The molecule has 0 atom stereocenters. The summed E-state index contributed by atoms with van der Waals surface area (Å²) >= 11 is 6.77. The molecular weight excluding hydrogens is 528 g/mol.